The highest BCUT2D eigenvalue weighted by Crippen LogP contribution is 2.31. The summed E-state index contributed by atoms with van der Waals surface area (Å²) in [6.45, 7) is 2.56. The van der Waals surface area contributed by atoms with Gasteiger partial charge in [0.25, 0.3) is 5.91 Å². The van der Waals surface area contributed by atoms with E-state index < -0.39 is 23.9 Å². The molecule has 13 heteroatoms. The van der Waals surface area contributed by atoms with E-state index in [9.17, 15) is 27.6 Å². The van der Waals surface area contributed by atoms with Crippen LogP contribution in [0.4, 0.5) is 18.9 Å². The number of nitrogens with two attached hydrogens (primary N) is 1. The number of aryl methyl sites for hydroxylation is 1. The van der Waals surface area contributed by atoms with E-state index >= 15 is 0 Å². The number of alkyl halides is 3. The van der Waals surface area contributed by atoms with E-state index in [2.05, 4.69) is 44.9 Å². The lowest BCUT2D eigenvalue weighted by atomic mass is 9.81. The van der Waals surface area contributed by atoms with Gasteiger partial charge in [-0.05, 0) is 137 Å². The van der Waals surface area contributed by atoms with Crippen LogP contribution in [0, 0.1) is 18.8 Å². The highest BCUT2D eigenvalue weighted by molar-refractivity contribution is 5.99. The van der Waals surface area contributed by atoms with Crippen molar-refractivity contribution in [3.8, 4) is 11.1 Å². The lowest BCUT2D eigenvalue weighted by molar-refractivity contribution is -0.144. The van der Waals surface area contributed by atoms with Gasteiger partial charge < -0.3 is 31.6 Å². The van der Waals surface area contributed by atoms with Crippen molar-refractivity contribution in [3.05, 3.63) is 83.2 Å². The van der Waals surface area contributed by atoms with Crippen LogP contribution >= 0.6 is 0 Å². The first-order chi connectivity index (χ1) is 25.8. The van der Waals surface area contributed by atoms with Crippen molar-refractivity contribution in [2.24, 2.45) is 17.6 Å². The molecule has 288 valence electrons. The third kappa shape index (κ3) is 9.48. The lowest BCUT2D eigenvalue weighted by Gasteiger charge is -2.33. The second kappa shape index (κ2) is 16.7. The molecule has 10 nitrogen and oxygen atoms in total. The summed E-state index contributed by atoms with van der Waals surface area (Å²) in [6.07, 6.45) is 2.68. The molecule has 0 radical (unpaired) electrons. The first kappa shape index (κ1) is 39.0. The molecule has 54 heavy (non-hydrogen) atoms. The zero-order valence-corrected chi connectivity index (χ0v) is 31.1. The predicted octanol–water partition coefficient (Wildman–Crippen LogP) is 6.59. The number of carbonyl (C=O) groups is 3. The van der Waals surface area contributed by atoms with Crippen molar-refractivity contribution < 1.29 is 27.6 Å². The molecule has 2 aliphatic carbocycles. The van der Waals surface area contributed by atoms with Gasteiger partial charge in [0.05, 0.1) is 11.0 Å². The van der Waals surface area contributed by atoms with Crippen LogP contribution < -0.4 is 21.7 Å². The number of halogens is 3. The van der Waals surface area contributed by atoms with Crippen LogP contribution in [-0.4, -0.2) is 71.4 Å². The molecular weight excluding hydrogens is 695 g/mol. The molecule has 2 aliphatic rings. The van der Waals surface area contributed by atoms with Crippen LogP contribution in [0.5, 0.6) is 0 Å². The average Bonchev–Trinajstić information content (AvgIpc) is 3.60. The molecule has 1 unspecified atom stereocenters. The second-order valence-corrected chi connectivity index (χ2v) is 15.2. The predicted molar refractivity (Wildman–Crippen MR) is 204 cm³/mol. The Hall–Kier alpha value is -4.75. The third-order valence-corrected chi connectivity index (χ3v) is 11.2. The largest absolute Gasteiger partial charge is 0.449 e. The summed E-state index contributed by atoms with van der Waals surface area (Å²) >= 11 is 0. The van der Waals surface area contributed by atoms with Gasteiger partial charge in [0, 0.05) is 35.7 Å². The fourth-order valence-electron chi connectivity index (χ4n) is 7.80. The van der Waals surface area contributed by atoms with Crippen molar-refractivity contribution >= 4 is 34.4 Å². The maximum atomic E-state index is 13.7. The smallest absolute Gasteiger partial charge is 0.349 e. The summed E-state index contributed by atoms with van der Waals surface area (Å²) in [7, 11) is 4.20. The maximum absolute atomic E-state index is 13.7. The number of aromatic amines is 1. The number of rotatable bonds is 11. The Balaban J connectivity index is 1.14. The van der Waals surface area contributed by atoms with Gasteiger partial charge in [-0.3, -0.25) is 14.4 Å². The molecule has 0 spiro atoms. The Morgan fingerprint density at radius 1 is 0.926 bits per heavy atom. The molecule has 0 aliphatic heterocycles. The van der Waals surface area contributed by atoms with Gasteiger partial charge in [-0.2, -0.15) is 13.2 Å². The van der Waals surface area contributed by atoms with E-state index in [1.807, 2.05) is 49.4 Å². The number of aromatic nitrogens is 2. The summed E-state index contributed by atoms with van der Waals surface area (Å²) in [5, 5.41) is 8.96. The number of carbonyl (C=O) groups excluding carboxylic acids is 3. The normalized spacial score (nSPS) is 21.1. The summed E-state index contributed by atoms with van der Waals surface area (Å²) in [5.41, 5.74) is 10.7. The fraction of sp³-hybridized carbons (Fsp3) is 0.463. The van der Waals surface area contributed by atoms with E-state index in [4.69, 9.17) is 5.73 Å². The second-order valence-electron chi connectivity index (χ2n) is 15.2. The summed E-state index contributed by atoms with van der Waals surface area (Å²) in [6, 6.07) is 17.5. The van der Waals surface area contributed by atoms with Crippen LogP contribution in [-0.2, 0) is 22.2 Å². The van der Waals surface area contributed by atoms with Gasteiger partial charge in [0.15, 0.2) is 0 Å². The molecule has 0 bridgehead atoms. The number of anilines is 1. The molecule has 1 heterocycles. The Morgan fingerprint density at radius 3 is 2.26 bits per heavy atom. The Labute approximate surface area is 313 Å². The van der Waals surface area contributed by atoms with Crippen LogP contribution in [0.2, 0.25) is 0 Å². The minimum Gasteiger partial charge on any atom is -0.349 e. The van der Waals surface area contributed by atoms with Crippen LogP contribution in [0.1, 0.15) is 78.7 Å². The molecule has 6 N–H and O–H groups in total. The minimum absolute atomic E-state index is 0.0670. The lowest BCUT2D eigenvalue weighted by Crippen LogP contribution is -2.48. The highest BCUT2D eigenvalue weighted by Gasteiger charge is 2.35. The number of amides is 3. The fourth-order valence-corrected chi connectivity index (χ4v) is 7.80. The molecule has 0 saturated heterocycles. The Kier molecular flexibility index (Phi) is 12.1. The number of hydrogen-bond donors (Lipinski definition) is 5. The topological polar surface area (TPSA) is 145 Å². The molecule has 6 rings (SSSR count). The number of nitrogens with one attached hydrogen (secondary N) is 4. The zero-order valence-electron chi connectivity index (χ0n) is 31.1. The van der Waals surface area contributed by atoms with E-state index in [0.29, 0.717) is 36.9 Å². The number of benzene rings is 3. The first-order valence-corrected chi connectivity index (χ1v) is 18.8. The van der Waals surface area contributed by atoms with Crippen molar-refractivity contribution in [2.75, 3.05) is 26.0 Å². The minimum atomic E-state index is -4.64. The molecule has 1 aromatic heterocycles. The van der Waals surface area contributed by atoms with E-state index in [1.165, 1.54) is 18.2 Å². The van der Waals surface area contributed by atoms with Crippen molar-refractivity contribution in [3.63, 3.8) is 0 Å². The van der Waals surface area contributed by atoms with E-state index in [-0.39, 0.29) is 46.9 Å². The average molecular weight is 746 g/mol. The van der Waals surface area contributed by atoms with Gasteiger partial charge in [-0.25, -0.2) is 4.98 Å². The van der Waals surface area contributed by atoms with Gasteiger partial charge in [0.1, 0.15) is 6.04 Å². The summed E-state index contributed by atoms with van der Waals surface area (Å²) < 4.78 is 39.7. The molecule has 2 saturated carbocycles. The standard InChI is InChI=1S/C41H50F3N7O3/c1-24-20-29(38(53)46-30-13-16-32(17-14-30)51(2)3)12-18-33(24)27-8-4-25(5-9-27)21-36(48-37(52)28-10-6-26(23-45)7-11-28)39(54)47-31-15-19-34-35(22-31)50-40(49-34)41(42,43)44/h4-5,8-9,12,15,18-20,22,26,28,30,32,36H,6-7,10-11,13-14,16-17,21,23,45H2,1-3H3,(H,46,53)(H,47,54)(H,48,52)(H,49,50). The monoisotopic (exact) mass is 745 g/mol. The van der Waals surface area contributed by atoms with Gasteiger partial charge in [-0.1, -0.05) is 30.3 Å². The molecular formula is C41H50F3N7O3. The van der Waals surface area contributed by atoms with E-state index in [1.54, 1.807) is 0 Å². The van der Waals surface area contributed by atoms with Crippen molar-refractivity contribution in [1.82, 2.24) is 25.5 Å². The number of imidazole rings is 1. The summed E-state index contributed by atoms with van der Waals surface area (Å²) in [4.78, 5) is 48.4. The Bertz CT molecular complexity index is 1940. The zero-order chi connectivity index (χ0) is 38.6. The van der Waals surface area contributed by atoms with Crippen LogP contribution in [0.25, 0.3) is 22.2 Å². The molecule has 3 aromatic carbocycles. The quantitative estimate of drug-likeness (QED) is 0.117. The molecule has 4 aromatic rings. The Morgan fingerprint density at radius 2 is 1.63 bits per heavy atom. The third-order valence-electron chi connectivity index (χ3n) is 11.2. The number of H-pyrrole nitrogens is 1. The number of hydrogen-bond acceptors (Lipinski definition) is 6. The molecule has 1 atom stereocenters. The highest BCUT2D eigenvalue weighted by atomic mass is 19.4. The van der Waals surface area contributed by atoms with Crippen LogP contribution in [0.3, 0.4) is 0 Å². The molecule has 3 amide bonds. The first-order valence-electron chi connectivity index (χ1n) is 18.8. The number of nitrogens with zero attached hydrogens (tertiary/aromatic N) is 2. The van der Waals surface area contributed by atoms with Crippen molar-refractivity contribution in [1.29, 1.82) is 0 Å². The SMILES string of the molecule is Cc1cc(C(=O)NC2CCC(N(C)C)CC2)ccc1-c1ccc(CC(NC(=O)C2CCC(CN)CC2)C(=O)Nc2ccc3nc(C(F)(F)F)[nH]c3c2)cc1. The van der Waals surface area contributed by atoms with Gasteiger partial charge in [0.2, 0.25) is 17.6 Å². The van der Waals surface area contributed by atoms with E-state index in [0.717, 1.165) is 60.8 Å². The van der Waals surface area contributed by atoms with Gasteiger partial charge >= 0.3 is 6.18 Å². The number of fused-ring (bicyclic) bond motifs is 1. The van der Waals surface area contributed by atoms with Crippen molar-refractivity contribution in [2.45, 2.75) is 89.0 Å². The molecule has 2 fully saturated rings. The van der Waals surface area contributed by atoms with Gasteiger partial charge in [-0.15, -0.1) is 0 Å². The summed E-state index contributed by atoms with van der Waals surface area (Å²) in [5.74, 6) is -1.74. The maximum Gasteiger partial charge on any atom is 0.449 e. The van der Waals surface area contributed by atoms with Crippen LogP contribution in [0.15, 0.2) is 60.7 Å².